The molecule has 0 saturated heterocycles. The maximum absolute atomic E-state index is 3.59. The Hall–Kier alpha value is -0.820. The van der Waals surface area contributed by atoms with Crippen molar-refractivity contribution in [2.75, 3.05) is 7.05 Å². The van der Waals surface area contributed by atoms with E-state index in [4.69, 9.17) is 0 Å². The molecule has 4 atom stereocenters. The first kappa shape index (κ1) is 15.6. The molecular formula is C19H31N. The lowest BCUT2D eigenvalue weighted by atomic mass is 9.72. The van der Waals surface area contributed by atoms with Crippen LogP contribution in [0.25, 0.3) is 0 Å². The molecule has 1 aromatic carbocycles. The van der Waals surface area contributed by atoms with Crippen molar-refractivity contribution in [3.8, 4) is 0 Å². The molecule has 1 saturated carbocycles. The van der Waals surface area contributed by atoms with Crippen LogP contribution in [-0.2, 0) is 6.42 Å². The van der Waals surface area contributed by atoms with Crippen molar-refractivity contribution in [2.45, 2.75) is 58.4 Å². The minimum absolute atomic E-state index is 0.716. The Balaban J connectivity index is 1.77. The number of aryl methyl sites for hydroxylation is 1. The third-order valence-electron chi connectivity index (χ3n) is 5.40. The van der Waals surface area contributed by atoms with Crippen LogP contribution in [0.2, 0.25) is 0 Å². The highest BCUT2D eigenvalue weighted by Gasteiger charge is 2.29. The summed E-state index contributed by atoms with van der Waals surface area (Å²) in [4.78, 5) is 0. The molecule has 0 radical (unpaired) electrons. The van der Waals surface area contributed by atoms with Gasteiger partial charge >= 0.3 is 0 Å². The zero-order valence-electron chi connectivity index (χ0n) is 13.4. The van der Waals surface area contributed by atoms with E-state index >= 15 is 0 Å². The molecule has 1 N–H and O–H groups in total. The molecule has 0 aliphatic heterocycles. The van der Waals surface area contributed by atoms with E-state index in [1.807, 2.05) is 0 Å². The van der Waals surface area contributed by atoms with Gasteiger partial charge in [0.2, 0.25) is 0 Å². The third kappa shape index (κ3) is 4.34. The Morgan fingerprint density at radius 2 is 1.85 bits per heavy atom. The summed E-state index contributed by atoms with van der Waals surface area (Å²) in [5.41, 5.74) is 1.48. The lowest BCUT2D eigenvalue weighted by Gasteiger charge is -2.36. The Bertz CT molecular complexity index is 373. The first-order chi connectivity index (χ1) is 9.70. The SMILES string of the molecule is CNC(CCCc1ccccc1)C1CCC(C)C(C)C1. The van der Waals surface area contributed by atoms with Crippen LogP contribution in [0.15, 0.2) is 30.3 Å². The zero-order chi connectivity index (χ0) is 14.4. The molecule has 1 nitrogen and oxygen atoms in total. The van der Waals surface area contributed by atoms with E-state index in [9.17, 15) is 0 Å². The van der Waals surface area contributed by atoms with Crippen molar-refractivity contribution in [2.24, 2.45) is 17.8 Å². The molecule has 1 aliphatic carbocycles. The maximum Gasteiger partial charge on any atom is 0.00925 e. The highest BCUT2D eigenvalue weighted by molar-refractivity contribution is 5.14. The molecular weight excluding hydrogens is 242 g/mol. The van der Waals surface area contributed by atoms with Crippen molar-refractivity contribution in [1.29, 1.82) is 0 Å². The lowest BCUT2D eigenvalue weighted by Crippen LogP contribution is -2.37. The summed E-state index contributed by atoms with van der Waals surface area (Å²) in [6.45, 7) is 4.86. The van der Waals surface area contributed by atoms with Gasteiger partial charge in [0.1, 0.15) is 0 Å². The fraction of sp³-hybridized carbons (Fsp3) is 0.684. The summed E-state index contributed by atoms with van der Waals surface area (Å²) in [6, 6.07) is 11.6. The molecule has 2 rings (SSSR count). The molecule has 1 heteroatoms. The number of hydrogen-bond acceptors (Lipinski definition) is 1. The van der Waals surface area contributed by atoms with E-state index in [-0.39, 0.29) is 0 Å². The predicted octanol–water partition coefficient (Wildman–Crippen LogP) is 4.67. The van der Waals surface area contributed by atoms with Gasteiger partial charge in [0.15, 0.2) is 0 Å². The van der Waals surface area contributed by atoms with Crippen LogP contribution < -0.4 is 5.32 Å². The van der Waals surface area contributed by atoms with Crippen molar-refractivity contribution in [3.05, 3.63) is 35.9 Å². The molecule has 112 valence electrons. The number of hydrogen-bond donors (Lipinski definition) is 1. The standard InChI is InChI=1S/C19H31N/c1-15-12-13-18(14-16(15)2)19(20-3)11-7-10-17-8-5-4-6-9-17/h4-6,8-9,15-16,18-20H,7,10-14H2,1-3H3. The van der Waals surface area contributed by atoms with Gasteiger partial charge in [-0.25, -0.2) is 0 Å². The van der Waals surface area contributed by atoms with Crippen LogP contribution in [0.4, 0.5) is 0 Å². The second kappa shape index (κ2) is 7.83. The van der Waals surface area contributed by atoms with Crippen LogP contribution in [0.3, 0.4) is 0 Å². The summed E-state index contributed by atoms with van der Waals surface area (Å²) < 4.78 is 0. The Morgan fingerprint density at radius 1 is 1.10 bits per heavy atom. The largest absolute Gasteiger partial charge is 0.317 e. The van der Waals surface area contributed by atoms with Crippen LogP contribution in [0, 0.1) is 17.8 Å². The third-order valence-corrected chi connectivity index (χ3v) is 5.40. The number of nitrogens with one attached hydrogen (secondary N) is 1. The van der Waals surface area contributed by atoms with E-state index in [0.29, 0.717) is 6.04 Å². The molecule has 1 aliphatic rings. The van der Waals surface area contributed by atoms with E-state index in [1.165, 1.54) is 44.1 Å². The molecule has 1 fully saturated rings. The van der Waals surface area contributed by atoms with Crippen LogP contribution in [0.1, 0.15) is 51.5 Å². The second-order valence-electron chi connectivity index (χ2n) is 6.80. The van der Waals surface area contributed by atoms with Crippen LogP contribution in [0.5, 0.6) is 0 Å². The van der Waals surface area contributed by atoms with Gasteiger partial charge in [0, 0.05) is 6.04 Å². The number of rotatable bonds is 6. The second-order valence-corrected chi connectivity index (χ2v) is 6.80. The minimum atomic E-state index is 0.716. The van der Waals surface area contributed by atoms with Gasteiger partial charge in [-0.15, -0.1) is 0 Å². The molecule has 4 unspecified atom stereocenters. The summed E-state index contributed by atoms with van der Waals surface area (Å²) in [5, 5.41) is 3.59. The first-order valence-corrected chi connectivity index (χ1v) is 8.42. The molecule has 0 spiro atoms. The fourth-order valence-electron chi connectivity index (χ4n) is 3.74. The Kier molecular flexibility index (Phi) is 6.09. The predicted molar refractivity (Wildman–Crippen MR) is 87.9 cm³/mol. The van der Waals surface area contributed by atoms with E-state index in [1.54, 1.807) is 0 Å². The van der Waals surface area contributed by atoms with E-state index in [2.05, 4.69) is 56.5 Å². The van der Waals surface area contributed by atoms with Crippen molar-refractivity contribution in [1.82, 2.24) is 5.32 Å². The molecule has 20 heavy (non-hydrogen) atoms. The van der Waals surface area contributed by atoms with Crippen LogP contribution >= 0.6 is 0 Å². The average Bonchev–Trinajstić information content (AvgIpc) is 2.48. The summed E-state index contributed by atoms with van der Waals surface area (Å²) in [5.74, 6) is 2.72. The fourth-order valence-corrected chi connectivity index (χ4v) is 3.74. The smallest absolute Gasteiger partial charge is 0.00925 e. The van der Waals surface area contributed by atoms with Crippen molar-refractivity contribution >= 4 is 0 Å². The van der Waals surface area contributed by atoms with Crippen molar-refractivity contribution < 1.29 is 0 Å². The highest BCUT2D eigenvalue weighted by Crippen LogP contribution is 2.35. The molecule has 0 heterocycles. The summed E-state index contributed by atoms with van der Waals surface area (Å²) in [6.07, 6.45) is 8.09. The summed E-state index contributed by atoms with van der Waals surface area (Å²) >= 11 is 0. The molecule has 0 bridgehead atoms. The average molecular weight is 273 g/mol. The monoisotopic (exact) mass is 273 g/mol. The van der Waals surface area contributed by atoms with Gasteiger partial charge in [0.25, 0.3) is 0 Å². The topological polar surface area (TPSA) is 12.0 Å². The minimum Gasteiger partial charge on any atom is -0.317 e. The Morgan fingerprint density at radius 3 is 2.50 bits per heavy atom. The van der Waals surface area contributed by atoms with Gasteiger partial charge in [-0.05, 0) is 62.5 Å². The van der Waals surface area contributed by atoms with Gasteiger partial charge in [-0.3, -0.25) is 0 Å². The van der Waals surface area contributed by atoms with E-state index in [0.717, 1.165) is 17.8 Å². The van der Waals surface area contributed by atoms with Gasteiger partial charge in [-0.2, -0.15) is 0 Å². The molecule has 0 aromatic heterocycles. The van der Waals surface area contributed by atoms with Crippen molar-refractivity contribution in [3.63, 3.8) is 0 Å². The van der Waals surface area contributed by atoms with Gasteiger partial charge in [0.05, 0.1) is 0 Å². The highest BCUT2D eigenvalue weighted by atomic mass is 14.9. The zero-order valence-corrected chi connectivity index (χ0v) is 13.4. The Labute approximate surface area is 125 Å². The first-order valence-electron chi connectivity index (χ1n) is 8.42. The van der Waals surface area contributed by atoms with E-state index < -0.39 is 0 Å². The normalized spacial score (nSPS) is 28.2. The van der Waals surface area contributed by atoms with Crippen LogP contribution in [-0.4, -0.2) is 13.1 Å². The lowest BCUT2D eigenvalue weighted by molar-refractivity contribution is 0.169. The summed E-state index contributed by atoms with van der Waals surface area (Å²) in [7, 11) is 2.15. The molecule has 0 amide bonds. The maximum atomic E-state index is 3.59. The quantitative estimate of drug-likeness (QED) is 0.794. The number of benzene rings is 1. The van der Waals surface area contributed by atoms with Gasteiger partial charge in [-0.1, -0.05) is 50.6 Å². The molecule has 1 aromatic rings. The van der Waals surface area contributed by atoms with Gasteiger partial charge < -0.3 is 5.32 Å².